The standard InChI is InChI=1S/C10H12F3NO2S/c11-10(12,13)17-7-3-1-2-6(4-7)9(16)8(15)5-14/h1-4,8-9,15-16H,5,14H2. The van der Waals surface area contributed by atoms with Gasteiger partial charge < -0.3 is 15.9 Å². The molecule has 0 saturated heterocycles. The molecule has 0 aliphatic heterocycles. The second-order valence-corrected chi connectivity index (χ2v) is 4.51. The number of alkyl halides is 3. The summed E-state index contributed by atoms with van der Waals surface area (Å²) in [4.78, 5) is -0.0433. The third kappa shape index (κ3) is 4.55. The van der Waals surface area contributed by atoms with Crippen LogP contribution >= 0.6 is 11.8 Å². The highest BCUT2D eigenvalue weighted by Crippen LogP contribution is 2.37. The average molecular weight is 267 g/mol. The van der Waals surface area contributed by atoms with Crippen LogP contribution in [0.4, 0.5) is 13.2 Å². The van der Waals surface area contributed by atoms with E-state index in [1.165, 1.54) is 24.3 Å². The molecular formula is C10H12F3NO2S. The Morgan fingerprint density at radius 1 is 1.29 bits per heavy atom. The van der Waals surface area contributed by atoms with Gasteiger partial charge in [0.15, 0.2) is 0 Å². The molecule has 0 heterocycles. The zero-order valence-electron chi connectivity index (χ0n) is 8.69. The lowest BCUT2D eigenvalue weighted by atomic mass is 10.0. The summed E-state index contributed by atoms with van der Waals surface area (Å²) >= 11 is -0.272. The van der Waals surface area contributed by atoms with E-state index in [9.17, 15) is 23.4 Å². The van der Waals surface area contributed by atoms with E-state index in [0.717, 1.165) is 0 Å². The molecule has 2 atom stereocenters. The van der Waals surface area contributed by atoms with Gasteiger partial charge in [-0.25, -0.2) is 0 Å². The molecule has 2 unspecified atom stereocenters. The molecule has 4 N–H and O–H groups in total. The average Bonchev–Trinajstić information content (AvgIpc) is 2.25. The molecule has 0 spiro atoms. The Labute approximate surface area is 100 Å². The van der Waals surface area contributed by atoms with Gasteiger partial charge >= 0.3 is 5.51 Å². The lowest BCUT2D eigenvalue weighted by molar-refractivity contribution is -0.0328. The Bertz CT molecular complexity index is 373. The molecule has 0 radical (unpaired) electrons. The first kappa shape index (κ1) is 14.3. The lowest BCUT2D eigenvalue weighted by Crippen LogP contribution is -2.27. The molecule has 7 heteroatoms. The highest BCUT2D eigenvalue weighted by molar-refractivity contribution is 8.00. The predicted molar refractivity (Wildman–Crippen MR) is 58.4 cm³/mol. The van der Waals surface area contributed by atoms with E-state index in [1.54, 1.807) is 0 Å². The van der Waals surface area contributed by atoms with Crippen molar-refractivity contribution in [3.63, 3.8) is 0 Å². The van der Waals surface area contributed by atoms with Crippen molar-refractivity contribution in [1.29, 1.82) is 0 Å². The first-order valence-corrected chi connectivity index (χ1v) is 5.57. The van der Waals surface area contributed by atoms with Gasteiger partial charge in [0.25, 0.3) is 0 Å². The molecule has 0 saturated carbocycles. The highest BCUT2D eigenvalue weighted by atomic mass is 32.2. The maximum atomic E-state index is 12.1. The summed E-state index contributed by atoms with van der Waals surface area (Å²) in [5.41, 5.74) is 0.982. The fourth-order valence-corrected chi connectivity index (χ4v) is 1.86. The smallest absolute Gasteiger partial charge is 0.389 e. The molecule has 96 valence electrons. The maximum absolute atomic E-state index is 12.1. The summed E-state index contributed by atoms with van der Waals surface area (Å²) in [6.45, 7) is -0.169. The van der Waals surface area contributed by atoms with Gasteiger partial charge in [0.1, 0.15) is 6.10 Å². The third-order valence-corrected chi connectivity index (χ3v) is 2.76. The van der Waals surface area contributed by atoms with Crippen molar-refractivity contribution in [2.45, 2.75) is 22.6 Å². The van der Waals surface area contributed by atoms with Gasteiger partial charge in [-0.1, -0.05) is 12.1 Å². The number of hydrogen-bond donors (Lipinski definition) is 3. The second-order valence-electron chi connectivity index (χ2n) is 3.37. The van der Waals surface area contributed by atoms with Gasteiger partial charge in [0.05, 0.1) is 6.10 Å². The van der Waals surface area contributed by atoms with Crippen molar-refractivity contribution >= 4 is 11.8 Å². The molecule has 0 aromatic heterocycles. The Kier molecular flexibility index (Phi) is 4.81. The van der Waals surface area contributed by atoms with Crippen molar-refractivity contribution in [1.82, 2.24) is 0 Å². The fraction of sp³-hybridized carbons (Fsp3) is 0.400. The molecule has 0 amide bonds. The van der Waals surface area contributed by atoms with Crippen LogP contribution in [0.1, 0.15) is 11.7 Å². The van der Waals surface area contributed by atoms with Gasteiger partial charge in [0.2, 0.25) is 0 Å². The second kappa shape index (κ2) is 5.72. The SMILES string of the molecule is NCC(O)C(O)c1cccc(SC(F)(F)F)c1. The van der Waals surface area contributed by atoms with Crippen molar-refractivity contribution in [2.24, 2.45) is 5.73 Å². The van der Waals surface area contributed by atoms with Crippen LogP contribution in [0.2, 0.25) is 0 Å². The van der Waals surface area contributed by atoms with Gasteiger partial charge in [-0.3, -0.25) is 0 Å². The number of halogens is 3. The van der Waals surface area contributed by atoms with Crippen LogP contribution in [0.25, 0.3) is 0 Å². The van der Waals surface area contributed by atoms with E-state index < -0.39 is 17.7 Å². The Balaban J connectivity index is 2.86. The Hall–Kier alpha value is -0.760. The summed E-state index contributed by atoms with van der Waals surface area (Å²) in [7, 11) is 0. The van der Waals surface area contributed by atoms with Crippen LogP contribution in [-0.4, -0.2) is 28.4 Å². The first-order chi connectivity index (χ1) is 7.83. The molecule has 0 bridgehead atoms. The number of nitrogens with two attached hydrogens (primary N) is 1. The van der Waals surface area contributed by atoms with Gasteiger partial charge in [-0.15, -0.1) is 0 Å². The minimum absolute atomic E-state index is 0.0433. The highest BCUT2D eigenvalue weighted by Gasteiger charge is 2.29. The summed E-state index contributed by atoms with van der Waals surface area (Å²) < 4.78 is 36.4. The Morgan fingerprint density at radius 2 is 1.94 bits per heavy atom. The molecule has 1 aromatic rings. The van der Waals surface area contributed by atoms with Crippen molar-refractivity contribution < 1.29 is 23.4 Å². The molecule has 0 fully saturated rings. The number of aliphatic hydroxyl groups excluding tert-OH is 2. The van der Waals surface area contributed by atoms with Gasteiger partial charge in [-0.05, 0) is 29.5 Å². The van der Waals surface area contributed by atoms with E-state index in [0.29, 0.717) is 0 Å². The minimum atomic E-state index is -4.38. The molecule has 1 rings (SSSR count). The molecule has 0 aliphatic carbocycles. The summed E-state index contributed by atoms with van der Waals surface area (Å²) in [6.07, 6.45) is -2.48. The van der Waals surface area contributed by atoms with Gasteiger partial charge in [-0.2, -0.15) is 13.2 Å². The monoisotopic (exact) mass is 267 g/mol. The normalized spacial score (nSPS) is 15.6. The van der Waals surface area contributed by atoms with E-state index in [2.05, 4.69) is 0 Å². The summed E-state index contributed by atoms with van der Waals surface area (Å²) in [5.74, 6) is 0. The van der Waals surface area contributed by atoms with Crippen LogP contribution in [-0.2, 0) is 0 Å². The van der Waals surface area contributed by atoms with Crippen molar-refractivity contribution in [3.05, 3.63) is 29.8 Å². The van der Waals surface area contributed by atoms with E-state index in [4.69, 9.17) is 5.73 Å². The van der Waals surface area contributed by atoms with Gasteiger partial charge in [0, 0.05) is 11.4 Å². The number of rotatable bonds is 4. The zero-order chi connectivity index (χ0) is 13.1. The third-order valence-electron chi connectivity index (χ3n) is 2.04. The van der Waals surface area contributed by atoms with Crippen LogP contribution in [0.15, 0.2) is 29.2 Å². The minimum Gasteiger partial charge on any atom is -0.389 e. The number of aliphatic hydroxyl groups is 2. The van der Waals surface area contributed by atoms with Crippen LogP contribution in [0.5, 0.6) is 0 Å². The van der Waals surface area contributed by atoms with Crippen molar-refractivity contribution in [3.8, 4) is 0 Å². The number of benzene rings is 1. The summed E-state index contributed by atoms with van der Waals surface area (Å²) in [6, 6.07) is 5.28. The largest absolute Gasteiger partial charge is 0.446 e. The van der Waals surface area contributed by atoms with E-state index in [-0.39, 0.29) is 28.8 Å². The van der Waals surface area contributed by atoms with E-state index in [1.807, 2.05) is 0 Å². The first-order valence-electron chi connectivity index (χ1n) is 4.75. The van der Waals surface area contributed by atoms with E-state index >= 15 is 0 Å². The molecule has 1 aromatic carbocycles. The Morgan fingerprint density at radius 3 is 2.47 bits per heavy atom. The molecular weight excluding hydrogens is 255 g/mol. The predicted octanol–water partition coefficient (Wildman–Crippen LogP) is 1.65. The van der Waals surface area contributed by atoms with Crippen LogP contribution < -0.4 is 5.73 Å². The van der Waals surface area contributed by atoms with Crippen molar-refractivity contribution in [2.75, 3.05) is 6.54 Å². The van der Waals surface area contributed by atoms with Crippen LogP contribution in [0, 0.1) is 0 Å². The molecule has 0 aliphatic rings. The quantitative estimate of drug-likeness (QED) is 0.726. The molecule has 17 heavy (non-hydrogen) atoms. The van der Waals surface area contributed by atoms with Crippen LogP contribution in [0.3, 0.4) is 0 Å². The maximum Gasteiger partial charge on any atom is 0.446 e. The molecule has 3 nitrogen and oxygen atoms in total. The summed E-state index contributed by atoms with van der Waals surface area (Å²) in [5, 5.41) is 18.9. The topological polar surface area (TPSA) is 66.5 Å². The fourth-order valence-electron chi connectivity index (χ4n) is 1.25. The number of thioether (sulfide) groups is 1. The number of hydrogen-bond acceptors (Lipinski definition) is 4. The zero-order valence-corrected chi connectivity index (χ0v) is 9.50. The lowest BCUT2D eigenvalue weighted by Gasteiger charge is -2.17.